The summed E-state index contributed by atoms with van der Waals surface area (Å²) in [5.41, 5.74) is 5.80. The van der Waals surface area contributed by atoms with Crippen molar-refractivity contribution in [3.8, 4) is 6.07 Å². The van der Waals surface area contributed by atoms with Gasteiger partial charge in [-0.2, -0.15) is 5.26 Å². The summed E-state index contributed by atoms with van der Waals surface area (Å²) in [5, 5.41) is 15.8. The highest BCUT2D eigenvalue weighted by atomic mass is 32.1. The van der Waals surface area contributed by atoms with E-state index < -0.39 is 0 Å². The first kappa shape index (κ1) is 14.5. The van der Waals surface area contributed by atoms with Gasteiger partial charge in [-0.3, -0.25) is 0 Å². The molecule has 0 atom stereocenters. The van der Waals surface area contributed by atoms with Crippen molar-refractivity contribution in [1.82, 2.24) is 0 Å². The molecule has 5 rings (SSSR count). The average Bonchev–Trinajstić information content (AvgIpc) is 3.27. The lowest BCUT2D eigenvalue weighted by Crippen LogP contribution is -1.87. The van der Waals surface area contributed by atoms with E-state index in [4.69, 9.17) is 0 Å². The number of thiophene rings is 1. The standard InChI is InChI=1S/C23H15NS/c24-13-18(21-14-25-22-7-2-1-6-20(21)22)12-17-9-8-15-4-3-5-16-10-11-19(17)23(15)16/h1-9,12,14H,10-11H2/b18-12+. The summed E-state index contributed by atoms with van der Waals surface area (Å²) < 4.78 is 1.23. The van der Waals surface area contributed by atoms with Crippen molar-refractivity contribution in [2.75, 3.05) is 0 Å². The van der Waals surface area contributed by atoms with Crippen LogP contribution in [0.3, 0.4) is 0 Å². The Labute approximate surface area is 150 Å². The third-order valence-corrected chi connectivity index (χ3v) is 6.07. The molecule has 0 amide bonds. The fraction of sp³-hybridized carbons (Fsp3) is 0.0870. The van der Waals surface area contributed by atoms with Crippen LogP contribution in [0, 0.1) is 11.3 Å². The minimum atomic E-state index is 0.748. The molecule has 1 aliphatic rings. The van der Waals surface area contributed by atoms with Crippen LogP contribution >= 0.6 is 11.3 Å². The van der Waals surface area contributed by atoms with Crippen LogP contribution in [0.2, 0.25) is 0 Å². The van der Waals surface area contributed by atoms with Gasteiger partial charge in [0.1, 0.15) is 0 Å². The number of nitrogens with zero attached hydrogens (tertiary/aromatic N) is 1. The zero-order chi connectivity index (χ0) is 16.8. The van der Waals surface area contributed by atoms with E-state index in [1.54, 1.807) is 11.3 Å². The fourth-order valence-electron chi connectivity index (χ4n) is 3.94. The largest absolute Gasteiger partial charge is 0.192 e. The van der Waals surface area contributed by atoms with E-state index in [-0.39, 0.29) is 0 Å². The Morgan fingerprint density at radius 3 is 2.84 bits per heavy atom. The summed E-state index contributed by atoms with van der Waals surface area (Å²) >= 11 is 1.70. The van der Waals surface area contributed by atoms with Gasteiger partial charge in [-0.1, -0.05) is 48.5 Å². The number of nitriles is 1. The van der Waals surface area contributed by atoms with Gasteiger partial charge in [0.2, 0.25) is 0 Å². The molecule has 25 heavy (non-hydrogen) atoms. The van der Waals surface area contributed by atoms with Gasteiger partial charge in [-0.05, 0) is 52.4 Å². The van der Waals surface area contributed by atoms with Gasteiger partial charge in [0.25, 0.3) is 0 Å². The molecule has 2 heteroatoms. The van der Waals surface area contributed by atoms with Gasteiger partial charge in [-0.25, -0.2) is 0 Å². The molecule has 0 bridgehead atoms. The smallest absolute Gasteiger partial charge is 0.0998 e. The summed E-state index contributed by atoms with van der Waals surface area (Å²) in [6, 6.07) is 21.6. The Morgan fingerprint density at radius 2 is 1.92 bits per heavy atom. The predicted octanol–water partition coefficient (Wildman–Crippen LogP) is 6.22. The number of benzene rings is 3. The lowest BCUT2D eigenvalue weighted by atomic mass is 9.97. The first-order valence-electron chi connectivity index (χ1n) is 8.47. The van der Waals surface area contributed by atoms with Crippen molar-refractivity contribution < 1.29 is 0 Å². The summed E-state index contributed by atoms with van der Waals surface area (Å²) in [5.74, 6) is 0. The van der Waals surface area contributed by atoms with Gasteiger partial charge >= 0.3 is 0 Å². The van der Waals surface area contributed by atoms with Crippen LogP contribution in [-0.4, -0.2) is 0 Å². The molecule has 118 valence electrons. The molecule has 0 saturated heterocycles. The zero-order valence-electron chi connectivity index (χ0n) is 13.6. The van der Waals surface area contributed by atoms with E-state index in [0.29, 0.717) is 0 Å². The Bertz CT molecular complexity index is 1200. The second kappa shape index (κ2) is 5.58. The molecule has 3 aromatic carbocycles. The molecule has 4 aromatic rings. The lowest BCUT2D eigenvalue weighted by Gasteiger charge is -2.06. The van der Waals surface area contributed by atoms with Gasteiger partial charge in [-0.15, -0.1) is 11.3 Å². The number of aryl methyl sites for hydroxylation is 2. The van der Waals surface area contributed by atoms with E-state index in [2.05, 4.69) is 60.0 Å². The van der Waals surface area contributed by atoms with Gasteiger partial charge < -0.3 is 0 Å². The van der Waals surface area contributed by atoms with Crippen LogP contribution in [-0.2, 0) is 12.8 Å². The number of fused-ring (bicyclic) bond motifs is 1. The van der Waals surface area contributed by atoms with Crippen LogP contribution in [0.1, 0.15) is 22.3 Å². The van der Waals surface area contributed by atoms with Crippen molar-refractivity contribution in [2.45, 2.75) is 12.8 Å². The highest BCUT2D eigenvalue weighted by Gasteiger charge is 2.17. The molecule has 0 saturated carbocycles. The molecule has 0 aliphatic heterocycles. The van der Waals surface area contributed by atoms with Crippen molar-refractivity contribution in [3.05, 3.63) is 82.2 Å². The van der Waals surface area contributed by atoms with Crippen LogP contribution in [0.25, 0.3) is 32.5 Å². The topological polar surface area (TPSA) is 23.8 Å². The number of rotatable bonds is 2. The summed E-state index contributed by atoms with van der Waals surface area (Å²) in [4.78, 5) is 0. The van der Waals surface area contributed by atoms with Crippen molar-refractivity contribution in [1.29, 1.82) is 5.26 Å². The molecule has 0 fully saturated rings. The normalized spacial score (nSPS) is 13.5. The Balaban J connectivity index is 1.72. The zero-order valence-corrected chi connectivity index (χ0v) is 14.4. The summed E-state index contributed by atoms with van der Waals surface area (Å²) in [7, 11) is 0. The Morgan fingerprint density at radius 1 is 1.00 bits per heavy atom. The van der Waals surface area contributed by atoms with Crippen LogP contribution in [0.15, 0.2) is 60.0 Å². The van der Waals surface area contributed by atoms with Crippen molar-refractivity contribution in [2.24, 2.45) is 0 Å². The molecular weight excluding hydrogens is 322 g/mol. The summed E-state index contributed by atoms with van der Waals surface area (Å²) in [6.45, 7) is 0. The minimum absolute atomic E-state index is 0.748. The molecule has 0 N–H and O–H groups in total. The molecule has 0 unspecified atom stereocenters. The SMILES string of the molecule is N#C/C(=C\c1ccc2cccc3c2c1CC3)c1csc2ccccc12. The average molecular weight is 337 g/mol. The Hall–Kier alpha value is -2.89. The van der Waals surface area contributed by atoms with Crippen molar-refractivity contribution >= 4 is 43.8 Å². The number of hydrogen-bond donors (Lipinski definition) is 0. The number of hydrogen-bond acceptors (Lipinski definition) is 2. The monoisotopic (exact) mass is 337 g/mol. The molecule has 1 aliphatic carbocycles. The Kier molecular flexibility index (Phi) is 3.23. The maximum atomic E-state index is 9.79. The van der Waals surface area contributed by atoms with E-state index in [1.807, 2.05) is 12.1 Å². The van der Waals surface area contributed by atoms with Gasteiger partial charge in [0.05, 0.1) is 11.6 Å². The molecule has 0 spiro atoms. The van der Waals surface area contributed by atoms with E-state index >= 15 is 0 Å². The maximum absolute atomic E-state index is 9.79. The second-order valence-electron chi connectivity index (χ2n) is 6.46. The minimum Gasteiger partial charge on any atom is -0.192 e. The molecule has 1 aromatic heterocycles. The predicted molar refractivity (Wildman–Crippen MR) is 107 cm³/mol. The van der Waals surface area contributed by atoms with E-state index in [9.17, 15) is 5.26 Å². The second-order valence-corrected chi connectivity index (χ2v) is 7.38. The van der Waals surface area contributed by atoms with Crippen LogP contribution in [0.4, 0.5) is 0 Å². The van der Waals surface area contributed by atoms with Crippen molar-refractivity contribution in [3.63, 3.8) is 0 Å². The first-order chi connectivity index (χ1) is 12.3. The molecule has 1 heterocycles. The van der Waals surface area contributed by atoms with Crippen LogP contribution < -0.4 is 0 Å². The lowest BCUT2D eigenvalue weighted by molar-refractivity contribution is 1.02. The van der Waals surface area contributed by atoms with E-state index in [0.717, 1.165) is 24.0 Å². The third kappa shape index (κ3) is 2.21. The van der Waals surface area contributed by atoms with E-state index in [1.165, 1.54) is 37.5 Å². The third-order valence-electron chi connectivity index (χ3n) is 5.11. The van der Waals surface area contributed by atoms with Crippen LogP contribution in [0.5, 0.6) is 0 Å². The fourth-order valence-corrected chi connectivity index (χ4v) is 4.90. The highest BCUT2D eigenvalue weighted by molar-refractivity contribution is 7.17. The number of allylic oxidation sites excluding steroid dienone is 1. The maximum Gasteiger partial charge on any atom is 0.0998 e. The first-order valence-corrected chi connectivity index (χ1v) is 9.35. The van der Waals surface area contributed by atoms with Gasteiger partial charge in [0.15, 0.2) is 0 Å². The highest BCUT2D eigenvalue weighted by Crippen LogP contribution is 2.36. The van der Waals surface area contributed by atoms with Gasteiger partial charge in [0, 0.05) is 21.0 Å². The molecule has 1 nitrogen and oxygen atoms in total. The molecule has 0 radical (unpaired) electrons. The quantitative estimate of drug-likeness (QED) is 0.398. The molecular formula is C23H15NS. The summed E-state index contributed by atoms with van der Waals surface area (Å²) in [6.07, 6.45) is 4.23.